The van der Waals surface area contributed by atoms with Crippen molar-refractivity contribution in [3.05, 3.63) is 101 Å². The lowest BCUT2D eigenvalue weighted by atomic mass is 10.0. The van der Waals surface area contributed by atoms with E-state index in [1.807, 2.05) is 30.3 Å². The molecular formula is C26H18FN7O. The van der Waals surface area contributed by atoms with Gasteiger partial charge in [0.2, 0.25) is 5.56 Å². The van der Waals surface area contributed by atoms with Crippen molar-refractivity contribution < 1.29 is 4.39 Å². The SMILES string of the molecule is Nc1ncnc2c1c(-c1ccc(=O)[nH]c1)nn2Cc1cc2ccccc2nc1-c1ccccc1F. The van der Waals surface area contributed by atoms with Crippen molar-refractivity contribution in [2.24, 2.45) is 0 Å². The molecule has 8 nitrogen and oxygen atoms in total. The summed E-state index contributed by atoms with van der Waals surface area (Å²) in [6, 6.07) is 19.3. The summed E-state index contributed by atoms with van der Waals surface area (Å²) in [5, 5.41) is 6.27. The number of rotatable bonds is 4. The third-order valence-electron chi connectivity index (χ3n) is 5.87. The highest BCUT2D eigenvalue weighted by Gasteiger charge is 2.20. The van der Waals surface area contributed by atoms with Gasteiger partial charge in [0, 0.05) is 34.3 Å². The Kier molecular flexibility index (Phi) is 4.81. The van der Waals surface area contributed by atoms with E-state index in [1.165, 1.54) is 18.5 Å². The maximum Gasteiger partial charge on any atom is 0.247 e. The number of aromatic nitrogens is 6. The Morgan fingerprint density at radius 2 is 1.80 bits per heavy atom. The number of nitrogen functional groups attached to an aromatic ring is 1. The Hall–Kier alpha value is -4.92. The van der Waals surface area contributed by atoms with Gasteiger partial charge in [-0.05, 0) is 30.3 Å². The van der Waals surface area contributed by atoms with Crippen LogP contribution in [0.5, 0.6) is 0 Å². The average Bonchev–Trinajstić information content (AvgIpc) is 3.24. The lowest BCUT2D eigenvalue weighted by molar-refractivity contribution is 0.630. The maximum atomic E-state index is 14.8. The van der Waals surface area contributed by atoms with Gasteiger partial charge in [-0.25, -0.2) is 24.0 Å². The number of nitrogens with one attached hydrogen (secondary N) is 1. The molecule has 4 heterocycles. The largest absolute Gasteiger partial charge is 0.383 e. The zero-order valence-electron chi connectivity index (χ0n) is 18.3. The summed E-state index contributed by atoms with van der Waals surface area (Å²) in [4.78, 5) is 27.6. The number of hydrogen-bond acceptors (Lipinski definition) is 6. The third kappa shape index (κ3) is 3.59. The van der Waals surface area contributed by atoms with Crippen LogP contribution in [-0.2, 0) is 6.54 Å². The first-order valence-electron chi connectivity index (χ1n) is 10.9. The molecule has 0 aliphatic carbocycles. The number of halogens is 1. The first kappa shape index (κ1) is 20.7. The van der Waals surface area contributed by atoms with E-state index < -0.39 is 0 Å². The van der Waals surface area contributed by atoms with Crippen LogP contribution in [0.1, 0.15) is 5.56 Å². The zero-order chi connectivity index (χ0) is 23.9. The van der Waals surface area contributed by atoms with Gasteiger partial charge in [-0.3, -0.25) is 4.79 Å². The number of pyridine rings is 2. The summed E-state index contributed by atoms with van der Waals surface area (Å²) in [6.45, 7) is 0.262. The number of nitrogens with zero attached hydrogens (tertiary/aromatic N) is 5. The van der Waals surface area contributed by atoms with Crippen molar-refractivity contribution in [3.8, 4) is 22.5 Å². The van der Waals surface area contributed by atoms with E-state index in [-0.39, 0.29) is 23.7 Å². The second-order valence-electron chi connectivity index (χ2n) is 8.07. The first-order valence-corrected chi connectivity index (χ1v) is 10.9. The van der Waals surface area contributed by atoms with Crippen molar-refractivity contribution >= 4 is 27.8 Å². The lowest BCUT2D eigenvalue weighted by Gasteiger charge is -2.12. The van der Waals surface area contributed by atoms with Crippen LogP contribution in [0.25, 0.3) is 44.5 Å². The molecule has 3 N–H and O–H groups in total. The van der Waals surface area contributed by atoms with Gasteiger partial charge in [0.25, 0.3) is 0 Å². The van der Waals surface area contributed by atoms with E-state index in [0.29, 0.717) is 33.5 Å². The zero-order valence-corrected chi connectivity index (χ0v) is 18.3. The first-order chi connectivity index (χ1) is 17.1. The minimum atomic E-state index is -0.359. The quantitative estimate of drug-likeness (QED) is 0.406. The Bertz CT molecular complexity index is 1770. The number of aromatic amines is 1. The molecule has 0 saturated carbocycles. The van der Waals surface area contributed by atoms with Gasteiger partial charge in [0.05, 0.1) is 23.1 Å². The molecule has 0 aliphatic rings. The molecule has 0 bridgehead atoms. The molecular weight excluding hydrogens is 445 g/mol. The summed E-state index contributed by atoms with van der Waals surface area (Å²) in [6.07, 6.45) is 2.95. The van der Waals surface area contributed by atoms with Crippen LogP contribution in [0, 0.1) is 5.82 Å². The summed E-state index contributed by atoms with van der Waals surface area (Å²) in [5.41, 5.74) is 10.2. The van der Waals surface area contributed by atoms with Crippen LogP contribution >= 0.6 is 0 Å². The van der Waals surface area contributed by atoms with Crippen LogP contribution < -0.4 is 11.3 Å². The normalized spacial score (nSPS) is 11.3. The summed E-state index contributed by atoms with van der Waals surface area (Å²) >= 11 is 0. The van der Waals surface area contributed by atoms with Gasteiger partial charge < -0.3 is 10.7 Å². The van der Waals surface area contributed by atoms with Crippen molar-refractivity contribution in [1.82, 2.24) is 29.7 Å². The van der Waals surface area contributed by atoms with Gasteiger partial charge in [-0.2, -0.15) is 5.10 Å². The van der Waals surface area contributed by atoms with E-state index in [1.54, 1.807) is 35.1 Å². The number of fused-ring (bicyclic) bond motifs is 2. The van der Waals surface area contributed by atoms with E-state index in [4.69, 9.17) is 15.8 Å². The molecule has 6 rings (SSSR count). The lowest BCUT2D eigenvalue weighted by Crippen LogP contribution is -2.07. The molecule has 0 saturated heterocycles. The Balaban J connectivity index is 1.57. The highest BCUT2D eigenvalue weighted by molar-refractivity contribution is 5.98. The predicted molar refractivity (Wildman–Crippen MR) is 132 cm³/mol. The minimum Gasteiger partial charge on any atom is -0.383 e. The number of H-pyrrole nitrogens is 1. The van der Waals surface area contributed by atoms with Crippen molar-refractivity contribution in [2.75, 3.05) is 5.73 Å². The third-order valence-corrected chi connectivity index (χ3v) is 5.87. The van der Waals surface area contributed by atoms with Crippen LogP contribution in [-0.4, -0.2) is 29.7 Å². The second-order valence-corrected chi connectivity index (χ2v) is 8.07. The molecule has 0 fully saturated rings. The Morgan fingerprint density at radius 1 is 0.971 bits per heavy atom. The molecule has 6 aromatic rings. The van der Waals surface area contributed by atoms with Gasteiger partial charge in [0.15, 0.2) is 5.65 Å². The van der Waals surface area contributed by atoms with Crippen molar-refractivity contribution in [3.63, 3.8) is 0 Å². The number of anilines is 1. The fourth-order valence-corrected chi connectivity index (χ4v) is 4.23. The summed E-state index contributed by atoms with van der Waals surface area (Å²) in [7, 11) is 0. The number of nitrogens with two attached hydrogens (primary N) is 1. The summed E-state index contributed by atoms with van der Waals surface area (Å²) < 4.78 is 16.5. The van der Waals surface area contributed by atoms with Crippen molar-refractivity contribution in [1.29, 1.82) is 0 Å². The highest BCUT2D eigenvalue weighted by Crippen LogP contribution is 2.32. The Morgan fingerprint density at radius 3 is 2.63 bits per heavy atom. The van der Waals surface area contributed by atoms with Gasteiger partial charge in [0.1, 0.15) is 23.7 Å². The molecule has 4 aromatic heterocycles. The van der Waals surface area contributed by atoms with E-state index >= 15 is 0 Å². The van der Waals surface area contributed by atoms with Crippen LogP contribution in [0.15, 0.2) is 84.0 Å². The molecule has 170 valence electrons. The van der Waals surface area contributed by atoms with E-state index in [2.05, 4.69) is 15.0 Å². The molecule has 2 aromatic carbocycles. The molecule has 0 radical (unpaired) electrons. The second kappa shape index (κ2) is 8.14. The average molecular weight is 463 g/mol. The number of hydrogen-bond donors (Lipinski definition) is 2. The highest BCUT2D eigenvalue weighted by atomic mass is 19.1. The van der Waals surface area contributed by atoms with Gasteiger partial charge in [-0.15, -0.1) is 0 Å². The summed E-state index contributed by atoms with van der Waals surface area (Å²) in [5.74, 6) is -0.0873. The van der Waals surface area contributed by atoms with Crippen LogP contribution in [0.2, 0.25) is 0 Å². The molecule has 9 heteroatoms. The van der Waals surface area contributed by atoms with E-state index in [0.717, 1.165) is 16.5 Å². The molecule has 35 heavy (non-hydrogen) atoms. The standard InChI is InChI=1S/C26H18FN7O/c27-19-7-3-2-6-18(19)23-17(11-15-5-1-4-8-20(15)32-23)13-34-26-22(25(28)30-14-31-26)24(33-34)16-9-10-21(35)29-12-16/h1-12,14H,13H2,(H,29,35)(H2,28,30,31). The molecule has 0 aliphatic heterocycles. The molecule has 0 unspecified atom stereocenters. The molecule has 0 amide bonds. The fraction of sp³-hybridized carbons (Fsp3) is 0.0385. The maximum absolute atomic E-state index is 14.8. The minimum absolute atomic E-state index is 0.224. The van der Waals surface area contributed by atoms with E-state index in [9.17, 15) is 9.18 Å². The fourth-order valence-electron chi connectivity index (χ4n) is 4.23. The molecule has 0 spiro atoms. The van der Waals surface area contributed by atoms with Crippen molar-refractivity contribution in [2.45, 2.75) is 6.54 Å². The number of benzene rings is 2. The van der Waals surface area contributed by atoms with Crippen LogP contribution in [0.4, 0.5) is 10.2 Å². The van der Waals surface area contributed by atoms with Gasteiger partial charge >= 0.3 is 0 Å². The Labute approximate surface area is 197 Å². The number of para-hydroxylation sites is 1. The predicted octanol–water partition coefficient (Wildman–Crippen LogP) is 4.17. The topological polar surface area (TPSA) is 115 Å². The monoisotopic (exact) mass is 463 g/mol. The smallest absolute Gasteiger partial charge is 0.247 e. The van der Waals surface area contributed by atoms with Gasteiger partial charge in [-0.1, -0.05) is 30.3 Å². The van der Waals surface area contributed by atoms with Crippen LogP contribution in [0.3, 0.4) is 0 Å². The molecule has 0 atom stereocenters.